The summed E-state index contributed by atoms with van der Waals surface area (Å²) in [6, 6.07) is 13.5. The fourth-order valence-corrected chi connectivity index (χ4v) is 7.72. The first-order chi connectivity index (χ1) is 21.1. The van der Waals surface area contributed by atoms with Crippen LogP contribution in [-0.2, 0) is 25.0 Å². The number of carbonyl (C=O) groups excluding carboxylic acids is 2. The Balaban J connectivity index is 1.78. The molecule has 0 radical (unpaired) electrons. The summed E-state index contributed by atoms with van der Waals surface area (Å²) in [5.74, 6) is -2.18. The maximum atomic E-state index is 14.8. The quantitative estimate of drug-likeness (QED) is 0.232. The van der Waals surface area contributed by atoms with Gasteiger partial charge in [0.15, 0.2) is 5.60 Å². The number of hydrogen-bond donors (Lipinski definition) is 3. The number of halogens is 3. The molecule has 13 heteroatoms. The van der Waals surface area contributed by atoms with Crippen LogP contribution in [0.15, 0.2) is 54.6 Å². The first-order valence-corrected chi connectivity index (χ1v) is 17.4. The van der Waals surface area contributed by atoms with Gasteiger partial charge in [-0.15, -0.1) is 0 Å². The van der Waals surface area contributed by atoms with E-state index >= 15 is 0 Å². The third kappa shape index (κ3) is 5.91. The lowest BCUT2D eigenvalue weighted by Crippen LogP contribution is -2.57. The third-order valence-corrected chi connectivity index (χ3v) is 10.1. The minimum atomic E-state index is -3.89. The summed E-state index contributed by atoms with van der Waals surface area (Å²) in [6.45, 7) is 5.27. The SMILES string of the molecule is CCC(CC)(Oc1ccc(Cl)cc1[C@H]1CC(=S)N[C@@H](c2cc(F)ccc2C)[C@]12C(=O)Nc1cc(Cl)ccc12)C(=O)NS(C)(=O)=O. The van der Waals surface area contributed by atoms with E-state index < -0.39 is 44.7 Å². The first kappa shape index (κ1) is 33.1. The molecular formula is C32H32Cl2FN3O5S2. The molecule has 1 spiro atoms. The van der Waals surface area contributed by atoms with Gasteiger partial charge in [0, 0.05) is 33.6 Å². The fraction of sp³-hybridized carbons (Fsp3) is 0.344. The van der Waals surface area contributed by atoms with E-state index in [-0.39, 0.29) is 30.9 Å². The molecule has 0 unspecified atom stereocenters. The number of nitrogens with one attached hydrogen (secondary N) is 3. The summed E-state index contributed by atoms with van der Waals surface area (Å²) in [6.07, 6.45) is 1.34. The van der Waals surface area contributed by atoms with E-state index in [9.17, 15) is 22.4 Å². The minimum Gasteiger partial charge on any atom is -0.477 e. The Labute approximate surface area is 277 Å². The molecule has 0 bridgehead atoms. The molecule has 0 aromatic heterocycles. The van der Waals surface area contributed by atoms with Crippen molar-refractivity contribution in [3.63, 3.8) is 0 Å². The van der Waals surface area contributed by atoms with Crippen LogP contribution < -0.4 is 20.1 Å². The van der Waals surface area contributed by atoms with Gasteiger partial charge in [-0.25, -0.2) is 17.5 Å². The van der Waals surface area contributed by atoms with Crippen LogP contribution in [0.4, 0.5) is 10.1 Å². The van der Waals surface area contributed by atoms with Crippen molar-refractivity contribution in [2.75, 3.05) is 11.6 Å². The van der Waals surface area contributed by atoms with Crippen LogP contribution in [0.25, 0.3) is 0 Å². The number of hydrogen-bond acceptors (Lipinski definition) is 6. The second-order valence-electron chi connectivity index (χ2n) is 11.5. The largest absolute Gasteiger partial charge is 0.477 e. The van der Waals surface area contributed by atoms with Crippen LogP contribution in [0.2, 0.25) is 10.0 Å². The summed E-state index contributed by atoms with van der Waals surface area (Å²) in [4.78, 5) is 28.3. The van der Waals surface area contributed by atoms with Gasteiger partial charge < -0.3 is 15.4 Å². The van der Waals surface area contributed by atoms with Gasteiger partial charge in [-0.1, -0.05) is 61.4 Å². The van der Waals surface area contributed by atoms with Gasteiger partial charge in [0.05, 0.1) is 17.3 Å². The lowest BCUT2D eigenvalue weighted by molar-refractivity contribution is -0.135. The number of aryl methyl sites for hydroxylation is 1. The molecule has 8 nitrogen and oxygen atoms in total. The van der Waals surface area contributed by atoms with E-state index in [0.717, 1.165) is 11.8 Å². The topological polar surface area (TPSA) is 114 Å². The second kappa shape index (κ2) is 12.2. The maximum absolute atomic E-state index is 14.8. The zero-order chi connectivity index (χ0) is 32.9. The van der Waals surface area contributed by atoms with E-state index in [1.54, 1.807) is 56.3 Å². The van der Waals surface area contributed by atoms with Crippen molar-refractivity contribution in [3.05, 3.63) is 92.7 Å². The lowest BCUT2D eigenvalue weighted by atomic mass is 9.59. The van der Waals surface area contributed by atoms with Gasteiger partial charge in [0.25, 0.3) is 5.91 Å². The van der Waals surface area contributed by atoms with Crippen molar-refractivity contribution in [3.8, 4) is 5.75 Å². The summed E-state index contributed by atoms with van der Waals surface area (Å²) in [5.41, 5.74) is -0.130. The van der Waals surface area contributed by atoms with Crippen LogP contribution in [-0.4, -0.2) is 37.1 Å². The van der Waals surface area contributed by atoms with Crippen LogP contribution in [0, 0.1) is 12.7 Å². The Kier molecular flexibility index (Phi) is 8.95. The monoisotopic (exact) mass is 691 g/mol. The van der Waals surface area contributed by atoms with Gasteiger partial charge in [0.2, 0.25) is 15.9 Å². The zero-order valence-electron chi connectivity index (χ0n) is 25.0. The summed E-state index contributed by atoms with van der Waals surface area (Å²) >= 11 is 18.7. The molecule has 3 aromatic carbocycles. The standard InChI is InChI=1S/C32H32Cl2FN3O5S2/c1-5-31(6-2,29(39)38-45(4,41)42)43-26-12-9-18(33)13-22(26)24-16-27(44)37-28(21-15-20(35)10-7-17(21)3)32(24)23-11-8-19(34)14-25(23)36-30(32)40/h7-15,24,28H,5-6,16H2,1-4H3,(H,36,40)(H,37,44)(H,38,39)/t24-,28+,32-/m1/s1. The van der Waals surface area contributed by atoms with Crippen LogP contribution in [0.1, 0.15) is 67.3 Å². The van der Waals surface area contributed by atoms with Crippen molar-refractivity contribution in [2.45, 2.75) is 63.0 Å². The van der Waals surface area contributed by atoms with E-state index in [1.165, 1.54) is 12.1 Å². The maximum Gasteiger partial charge on any atom is 0.277 e. The predicted octanol–water partition coefficient (Wildman–Crippen LogP) is 6.49. The molecule has 3 atom stereocenters. The Morgan fingerprint density at radius 2 is 1.76 bits per heavy atom. The number of carbonyl (C=O) groups is 2. The molecule has 3 aromatic rings. The van der Waals surface area contributed by atoms with Gasteiger partial charge in [-0.05, 0) is 78.9 Å². The van der Waals surface area contributed by atoms with Gasteiger partial charge in [0.1, 0.15) is 17.0 Å². The third-order valence-electron chi connectivity index (χ3n) is 8.79. The van der Waals surface area contributed by atoms with E-state index in [2.05, 4.69) is 15.4 Å². The molecule has 45 heavy (non-hydrogen) atoms. The van der Waals surface area contributed by atoms with Gasteiger partial charge in [-0.2, -0.15) is 0 Å². The number of rotatable bonds is 8. The number of thiocarbonyl (C=S) groups is 1. The second-order valence-corrected chi connectivity index (χ2v) is 14.6. The van der Waals surface area contributed by atoms with Gasteiger partial charge in [-0.3, -0.25) is 9.59 Å². The van der Waals surface area contributed by atoms with Crippen molar-refractivity contribution in [2.24, 2.45) is 0 Å². The normalized spacial score (nSPS) is 21.2. The van der Waals surface area contributed by atoms with Crippen LogP contribution in [0.5, 0.6) is 5.75 Å². The highest BCUT2D eigenvalue weighted by Gasteiger charge is 2.61. The summed E-state index contributed by atoms with van der Waals surface area (Å²) in [5, 5.41) is 7.08. The Morgan fingerprint density at radius 1 is 1.09 bits per heavy atom. The predicted molar refractivity (Wildman–Crippen MR) is 177 cm³/mol. The first-order valence-electron chi connectivity index (χ1n) is 14.3. The number of piperidine rings is 1. The van der Waals surface area contributed by atoms with Gasteiger partial charge >= 0.3 is 0 Å². The highest BCUT2D eigenvalue weighted by atomic mass is 35.5. The van der Waals surface area contributed by atoms with Crippen molar-refractivity contribution < 1.29 is 27.1 Å². The molecule has 2 amide bonds. The number of ether oxygens (including phenoxy) is 1. The molecule has 2 heterocycles. The van der Waals surface area contributed by atoms with Crippen molar-refractivity contribution in [1.29, 1.82) is 0 Å². The molecule has 0 aliphatic carbocycles. The number of benzene rings is 3. The molecule has 1 fully saturated rings. The molecule has 238 valence electrons. The highest BCUT2D eigenvalue weighted by molar-refractivity contribution is 7.89. The number of anilines is 1. The number of fused-ring (bicyclic) bond motifs is 2. The number of amides is 2. The Morgan fingerprint density at radius 3 is 2.42 bits per heavy atom. The van der Waals surface area contributed by atoms with Crippen molar-refractivity contribution >= 4 is 67.9 Å². The molecule has 5 rings (SSSR count). The smallest absolute Gasteiger partial charge is 0.277 e. The van der Waals surface area contributed by atoms with E-state index in [1.807, 2.05) is 6.92 Å². The van der Waals surface area contributed by atoms with E-state index in [4.69, 9.17) is 40.2 Å². The molecule has 2 aliphatic heterocycles. The minimum absolute atomic E-state index is 0.135. The molecule has 2 aliphatic rings. The van der Waals surface area contributed by atoms with E-state index in [0.29, 0.717) is 37.4 Å². The highest BCUT2D eigenvalue weighted by Crippen LogP contribution is 2.59. The lowest BCUT2D eigenvalue weighted by Gasteiger charge is -2.48. The average Bonchev–Trinajstić information content (AvgIpc) is 3.24. The van der Waals surface area contributed by atoms with Crippen LogP contribution in [0.3, 0.4) is 0 Å². The molecule has 3 N–H and O–H groups in total. The Hall–Kier alpha value is -3.25. The number of sulfonamides is 1. The van der Waals surface area contributed by atoms with Crippen LogP contribution >= 0.6 is 35.4 Å². The summed E-state index contributed by atoms with van der Waals surface area (Å²) in [7, 11) is -3.89. The molecule has 1 saturated heterocycles. The fourth-order valence-electron chi connectivity index (χ4n) is 6.56. The average molecular weight is 693 g/mol. The molecule has 0 saturated carbocycles. The zero-order valence-corrected chi connectivity index (χ0v) is 28.1. The summed E-state index contributed by atoms with van der Waals surface area (Å²) < 4.78 is 47.4. The Bertz CT molecular complexity index is 1830. The molecular weight excluding hydrogens is 660 g/mol. The van der Waals surface area contributed by atoms with Crippen molar-refractivity contribution in [1.82, 2.24) is 10.0 Å².